The summed E-state index contributed by atoms with van der Waals surface area (Å²) in [5, 5.41) is 3.32. The second-order valence-electron chi connectivity index (χ2n) is 3.97. The van der Waals surface area contributed by atoms with Gasteiger partial charge in [0, 0.05) is 47.3 Å². The molecule has 0 bridgehead atoms. The van der Waals surface area contributed by atoms with Gasteiger partial charge in [-0.1, -0.05) is 0 Å². The van der Waals surface area contributed by atoms with Crippen molar-refractivity contribution >= 4 is 21.6 Å². The highest BCUT2D eigenvalue weighted by Crippen LogP contribution is 2.26. The zero-order valence-electron chi connectivity index (χ0n) is 10.8. The summed E-state index contributed by atoms with van der Waals surface area (Å²) in [7, 11) is 3.27. The number of pyridine rings is 1. The van der Waals surface area contributed by atoms with Gasteiger partial charge in [-0.2, -0.15) is 0 Å². The summed E-state index contributed by atoms with van der Waals surface area (Å²) >= 11 is 3.40. The van der Waals surface area contributed by atoms with Crippen molar-refractivity contribution in [1.82, 2.24) is 4.98 Å². The number of hydrogen-bond acceptors (Lipinski definition) is 4. The summed E-state index contributed by atoms with van der Waals surface area (Å²) in [4.78, 5) is 4.13. The molecule has 19 heavy (non-hydrogen) atoms. The molecule has 0 unspecified atom stereocenters. The van der Waals surface area contributed by atoms with Crippen molar-refractivity contribution in [2.75, 3.05) is 19.5 Å². The van der Waals surface area contributed by atoms with Gasteiger partial charge in [0.2, 0.25) is 0 Å². The lowest BCUT2D eigenvalue weighted by molar-refractivity contribution is 0.394. The summed E-state index contributed by atoms with van der Waals surface area (Å²) in [5.41, 5.74) is 2.03. The number of methoxy groups -OCH3 is 2. The number of anilines is 1. The molecule has 0 saturated heterocycles. The molecule has 0 aliphatic rings. The summed E-state index contributed by atoms with van der Waals surface area (Å²) in [6.07, 6.45) is 3.59. The van der Waals surface area contributed by atoms with Gasteiger partial charge in [-0.25, -0.2) is 0 Å². The van der Waals surface area contributed by atoms with E-state index < -0.39 is 0 Å². The summed E-state index contributed by atoms with van der Waals surface area (Å²) < 4.78 is 11.4. The number of nitrogens with one attached hydrogen (secondary N) is 1. The Balaban J connectivity index is 2.10. The molecule has 0 amide bonds. The van der Waals surface area contributed by atoms with Gasteiger partial charge < -0.3 is 14.8 Å². The summed E-state index contributed by atoms with van der Waals surface area (Å²) in [5.74, 6) is 1.52. The van der Waals surface area contributed by atoms with Gasteiger partial charge in [0.25, 0.3) is 0 Å². The average Bonchev–Trinajstić information content (AvgIpc) is 2.44. The quantitative estimate of drug-likeness (QED) is 0.915. The second-order valence-corrected chi connectivity index (χ2v) is 4.88. The SMILES string of the molecule is COc1cc(NCc2cncc(Br)c2)cc(OC)c1. The Labute approximate surface area is 120 Å². The highest BCUT2D eigenvalue weighted by molar-refractivity contribution is 9.10. The van der Waals surface area contributed by atoms with E-state index in [1.54, 1.807) is 20.4 Å². The first-order valence-corrected chi connectivity index (χ1v) is 6.57. The van der Waals surface area contributed by atoms with Crippen molar-refractivity contribution in [2.24, 2.45) is 0 Å². The monoisotopic (exact) mass is 322 g/mol. The molecular weight excluding hydrogens is 308 g/mol. The topological polar surface area (TPSA) is 43.4 Å². The Morgan fingerprint density at radius 1 is 1.05 bits per heavy atom. The molecule has 0 saturated carbocycles. The minimum Gasteiger partial charge on any atom is -0.497 e. The Morgan fingerprint density at radius 3 is 2.32 bits per heavy atom. The molecular formula is C14H15BrN2O2. The van der Waals surface area contributed by atoms with E-state index in [0.29, 0.717) is 6.54 Å². The lowest BCUT2D eigenvalue weighted by Crippen LogP contribution is -2.00. The van der Waals surface area contributed by atoms with Gasteiger partial charge in [0.05, 0.1) is 14.2 Å². The Bertz CT molecular complexity index is 539. The van der Waals surface area contributed by atoms with Gasteiger partial charge in [0.15, 0.2) is 0 Å². The predicted molar refractivity (Wildman–Crippen MR) is 78.8 cm³/mol. The highest BCUT2D eigenvalue weighted by Gasteiger charge is 2.02. The maximum atomic E-state index is 5.23. The number of ether oxygens (including phenoxy) is 2. The minimum absolute atomic E-state index is 0.683. The van der Waals surface area contributed by atoms with Crippen LogP contribution < -0.4 is 14.8 Å². The molecule has 0 aliphatic carbocycles. The number of hydrogen-bond donors (Lipinski definition) is 1. The van der Waals surface area contributed by atoms with Crippen LogP contribution in [0.2, 0.25) is 0 Å². The van der Waals surface area contributed by atoms with Crippen LogP contribution in [-0.4, -0.2) is 19.2 Å². The van der Waals surface area contributed by atoms with Crippen LogP contribution in [-0.2, 0) is 6.54 Å². The molecule has 2 aromatic rings. The zero-order valence-corrected chi connectivity index (χ0v) is 12.4. The first-order chi connectivity index (χ1) is 9.21. The van der Waals surface area contributed by atoms with Crippen molar-refractivity contribution in [3.05, 3.63) is 46.7 Å². The molecule has 0 fully saturated rings. The van der Waals surface area contributed by atoms with Crippen LogP contribution in [0.3, 0.4) is 0 Å². The standard InChI is InChI=1S/C14H15BrN2O2/c1-18-13-4-12(5-14(6-13)19-2)17-8-10-3-11(15)9-16-7-10/h3-7,9,17H,8H2,1-2H3. The van der Waals surface area contributed by atoms with Crippen LogP contribution in [0.15, 0.2) is 41.1 Å². The van der Waals surface area contributed by atoms with Crippen LogP contribution in [0, 0.1) is 0 Å². The van der Waals surface area contributed by atoms with E-state index >= 15 is 0 Å². The largest absolute Gasteiger partial charge is 0.497 e. The van der Waals surface area contributed by atoms with Crippen LogP contribution in [0.5, 0.6) is 11.5 Å². The fourth-order valence-electron chi connectivity index (χ4n) is 1.67. The number of aromatic nitrogens is 1. The van der Waals surface area contributed by atoms with Crippen molar-refractivity contribution < 1.29 is 9.47 Å². The number of halogens is 1. The van der Waals surface area contributed by atoms with E-state index in [1.165, 1.54) is 0 Å². The minimum atomic E-state index is 0.683. The molecule has 2 rings (SSSR count). The van der Waals surface area contributed by atoms with E-state index in [2.05, 4.69) is 26.2 Å². The van der Waals surface area contributed by atoms with Crippen LogP contribution in [0.25, 0.3) is 0 Å². The smallest absolute Gasteiger partial charge is 0.124 e. The molecule has 0 radical (unpaired) electrons. The fourth-order valence-corrected chi connectivity index (χ4v) is 2.08. The molecule has 0 spiro atoms. The lowest BCUT2D eigenvalue weighted by atomic mass is 10.2. The first kappa shape index (κ1) is 13.7. The third-order valence-electron chi connectivity index (χ3n) is 2.61. The molecule has 4 nitrogen and oxygen atoms in total. The van der Waals surface area contributed by atoms with Gasteiger partial charge in [-0.05, 0) is 27.6 Å². The van der Waals surface area contributed by atoms with Crippen molar-refractivity contribution in [1.29, 1.82) is 0 Å². The van der Waals surface area contributed by atoms with Crippen LogP contribution in [0.4, 0.5) is 5.69 Å². The van der Waals surface area contributed by atoms with Gasteiger partial charge >= 0.3 is 0 Å². The molecule has 1 N–H and O–H groups in total. The molecule has 100 valence electrons. The molecule has 5 heteroatoms. The van der Waals surface area contributed by atoms with Crippen LogP contribution in [0.1, 0.15) is 5.56 Å². The molecule has 1 aromatic carbocycles. The molecule has 1 heterocycles. The molecule has 0 aliphatic heterocycles. The maximum Gasteiger partial charge on any atom is 0.124 e. The molecule has 1 aromatic heterocycles. The maximum absolute atomic E-state index is 5.23. The van der Waals surface area contributed by atoms with Crippen molar-refractivity contribution in [3.63, 3.8) is 0 Å². The van der Waals surface area contributed by atoms with E-state index in [-0.39, 0.29) is 0 Å². The van der Waals surface area contributed by atoms with Gasteiger partial charge in [-0.3, -0.25) is 4.98 Å². The normalized spacial score (nSPS) is 10.1. The van der Waals surface area contributed by atoms with Crippen molar-refractivity contribution in [3.8, 4) is 11.5 Å². The first-order valence-electron chi connectivity index (χ1n) is 5.77. The van der Waals surface area contributed by atoms with E-state index in [9.17, 15) is 0 Å². The zero-order chi connectivity index (χ0) is 13.7. The fraction of sp³-hybridized carbons (Fsp3) is 0.214. The van der Waals surface area contributed by atoms with E-state index in [1.807, 2.05) is 30.5 Å². The third kappa shape index (κ3) is 3.86. The van der Waals surface area contributed by atoms with E-state index in [4.69, 9.17) is 9.47 Å². The molecule has 0 atom stereocenters. The number of nitrogens with zero attached hydrogens (tertiary/aromatic N) is 1. The second kappa shape index (κ2) is 6.43. The lowest BCUT2D eigenvalue weighted by Gasteiger charge is -2.10. The van der Waals surface area contributed by atoms with Gasteiger partial charge in [0.1, 0.15) is 11.5 Å². The van der Waals surface area contributed by atoms with Crippen molar-refractivity contribution in [2.45, 2.75) is 6.54 Å². The number of benzene rings is 1. The predicted octanol–water partition coefficient (Wildman–Crippen LogP) is 3.47. The summed E-state index contributed by atoms with van der Waals surface area (Å²) in [6, 6.07) is 7.71. The number of rotatable bonds is 5. The van der Waals surface area contributed by atoms with Gasteiger partial charge in [-0.15, -0.1) is 0 Å². The highest BCUT2D eigenvalue weighted by atomic mass is 79.9. The Kier molecular flexibility index (Phi) is 4.63. The summed E-state index contributed by atoms with van der Waals surface area (Å²) in [6.45, 7) is 0.683. The van der Waals surface area contributed by atoms with E-state index in [0.717, 1.165) is 27.2 Å². The Morgan fingerprint density at radius 2 is 1.74 bits per heavy atom. The average molecular weight is 323 g/mol. The van der Waals surface area contributed by atoms with Crippen LogP contribution >= 0.6 is 15.9 Å². The Hall–Kier alpha value is -1.75. The third-order valence-corrected chi connectivity index (χ3v) is 3.04.